The molecular formula is C26H28N4O5. The molecule has 2 amide bonds. The van der Waals surface area contributed by atoms with E-state index in [1.165, 1.54) is 0 Å². The van der Waals surface area contributed by atoms with Crippen molar-refractivity contribution in [3.05, 3.63) is 64.7 Å². The number of aromatic nitrogens is 2. The van der Waals surface area contributed by atoms with Crippen molar-refractivity contribution in [3.8, 4) is 5.75 Å². The first-order valence-electron chi connectivity index (χ1n) is 11.9. The van der Waals surface area contributed by atoms with E-state index in [1.54, 1.807) is 32.8 Å². The highest BCUT2D eigenvalue weighted by molar-refractivity contribution is 5.97. The van der Waals surface area contributed by atoms with Crippen molar-refractivity contribution in [2.24, 2.45) is 0 Å². The van der Waals surface area contributed by atoms with Crippen LogP contribution in [0.5, 0.6) is 5.75 Å². The summed E-state index contributed by atoms with van der Waals surface area (Å²) >= 11 is 0. The molecule has 2 aliphatic heterocycles. The van der Waals surface area contributed by atoms with E-state index < -0.39 is 6.10 Å². The van der Waals surface area contributed by atoms with Crippen molar-refractivity contribution in [2.75, 3.05) is 37.7 Å². The van der Waals surface area contributed by atoms with Crippen LogP contribution < -0.4 is 15.2 Å². The van der Waals surface area contributed by atoms with Crippen molar-refractivity contribution in [2.45, 2.75) is 32.4 Å². The summed E-state index contributed by atoms with van der Waals surface area (Å²) in [5.41, 5.74) is 2.20. The molecule has 0 bridgehead atoms. The summed E-state index contributed by atoms with van der Waals surface area (Å²) in [6, 6.07) is 12.8. The third-order valence-electron chi connectivity index (χ3n) is 6.52. The van der Waals surface area contributed by atoms with E-state index in [9.17, 15) is 14.4 Å². The Balaban J connectivity index is 1.28. The molecule has 2 aliphatic rings. The molecule has 5 rings (SSSR count). The first kappa shape index (κ1) is 23.0. The number of hydrogen-bond donors (Lipinski definition) is 0. The minimum Gasteiger partial charge on any atom is -0.476 e. The number of aryl methyl sites for hydroxylation is 2. The average molecular weight is 477 g/mol. The van der Waals surface area contributed by atoms with Crippen molar-refractivity contribution in [1.29, 1.82) is 0 Å². The smallest absolute Gasteiger partial charge is 0.265 e. The van der Waals surface area contributed by atoms with E-state index >= 15 is 0 Å². The molecule has 35 heavy (non-hydrogen) atoms. The van der Waals surface area contributed by atoms with Gasteiger partial charge in [0.1, 0.15) is 5.75 Å². The maximum Gasteiger partial charge on any atom is 0.265 e. The summed E-state index contributed by atoms with van der Waals surface area (Å²) in [6.07, 6.45) is 1.48. The summed E-state index contributed by atoms with van der Waals surface area (Å²) in [4.78, 5) is 47.0. The van der Waals surface area contributed by atoms with Crippen LogP contribution in [0.25, 0.3) is 10.9 Å². The van der Waals surface area contributed by atoms with Gasteiger partial charge in [0.25, 0.3) is 11.5 Å². The molecule has 1 fully saturated rings. The van der Waals surface area contributed by atoms with Gasteiger partial charge in [-0.3, -0.25) is 19.0 Å². The molecule has 1 saturated heterocycles. The van der Waals surface area contributed by atoms with Gasteiger partial charge < -0.3 is 19.3 Å². The summed E-state index contributed by atoms with van der Waals surface area (Å²) in [6.45, 7) is 4.49. The maximum atomic E-state index is 13.3. The molecule has 0 unspecified atom stereocenters. The minimum absolute atomic E-state index is 0.112. The lowest BCUT2D eigenvalue weighted by molar-refractivity contribution is -0.142. The molecule has 0 saturated carbocycles. The van der Waals surface area contributed by atoms with Gasteiger partial charge in [0.05, 0.1) is 42.7 Å². The van der Waals surface area contributed by atoms with Gasteiger partial charge in [0.15, 0.2) is 6.10 Å². The molecule has 1 atom stereocenters. The third-order valence-corrected chi connectivity index (χ3v) is 6.52. The summed E-state index contributed by atoms with van der Waals surface area (Å²) in [5, 5.41) is 0.574. The Morgan fingerprint density at radius 2 is 1.89 bits per heavy atom. The molecule has 1 aromatic heterocycles. The lowest BCUT2D eigenvalue weighted by atomic mass is 10.1. The maximum absolute atomic E-state index is 13.3. The van der Waals surface area contributed by atoms with Crippen molar-refractivity contribution in [3.63, 3.8) is 0 Å². The molecule has 9 heteroatoms. The molecule has 182 valence electrons. The average Bonchev–Trinajstić information content (AvgIpc) is 2.89. The van der Waals surface area contributed by atoms with E-state index in [-0.39, 0.29) is 30.3 Å². The van der Waals surface area contributed by atoms with Gasteiger partial charge in [0.2, 0.25) is 5.91 Å². The lowest BCUT2D eigenvalue weighted by Gasteiger charge is -2.37. The zero-order valence-electron chi connectivity index (χ0n) is 19.7. The summed E-state index contributed by atoms with van der Waals surface area (Å²) in [7, 11) is 0. The van der Waals surface area contributed by atoms with Crippen LogP contribution in [0.4, 0.5) is 5.69 Å². The normalized spacial score (nSPS) is 17.7. The van der Waals surface area contributed by atoms with Crippen molar-refractivity contribution in [1.82, 2.24) is 14.5 Å². The molecule has 9 nitrogen and oxygen atoms in total. The Morgan fingerprint density at radius 1 is 1.09 bits per heavy atom. The predicted octanol–water partition coefficient (Wildman–Crippen LogP) is 2.14. The lowest BCUT2D eigenvalue weighted by Crippen LogP contribution is -2.54. The number of rotatable bonds is 5. The van der Waals surface area contributed by atoms with E-state index in [0.717, 1.165) is 5.56 Å². The van der Waals surface area contributed by atoms with Crippen LogP contribution in [-0.4, -0.2) is 65.2 Å². The van der Waals surface area contributed by atoms with Gasteiger partial charge in [0, 0.05) is 26.1 Å². The van der Waals surface area contributed by atoms with Crippen LogP contribution in [-0.2, 0) is 20.9 Å². The first-order valence-corrected chi connectivity index (χ1v) is 11.9. The Bertz CT molecular complexity index is 1310. The number of fused-ring (bicyclic) bond motifs is 2. The highest BCUT2D eigenvalue weighted by Crippen LogP contribution is 2.34. The predicted molar refractivity (Wildman–Crippen MR) is 131 cm³/mol. The number of para-hydroxylation sites is 3. The van der Waals surface area contributed by atoms with Gasteiger partial charge in [-0.2, -0.15) is 0 Å². The number of morpholine rings is 1. The Morgan fingerprint density at radius 3 is 2.71 bits per heavy atom. The zero-order valence-corrected chi connectivity index (χ0v) is 19.7. The second-order valence-electron chi connectivity index (χ2n) is 8.83. The minimum atomic E-state index is -0.762. The Kier molecular flexibility index (Phi) is 6.50. The topological polar surface area (TPSA) is 94.0 Å². The molecule has 0 aliphatic carbocycles. The molecule has 2 aromatic carbocycles. The number of benzene rings is 2. The fraction of sp³-hybridized carbons (Fsp3) is 0.385. The van der Waals surface area contributed by atoms with Gasteiger partial charge in [-0.15, -0.1) is 0 Å². The van der Waals surface area contributed by atoms with Crippen LogP contribution in [0.3, 0.4) is 0 Å². The SMILES string of the molecule is Cc1cccc2c(=O)n(CCCC(=O)N3C[C@@H](C(=O)N4CCOCC4)Oc4ccccc43)cnc12. The number of amides is 2. The van der Waals surface area contributed by atoms with Crippen LogP contribution in [0.2, 0.25) is 0 Å². The molecule has 0 radical (unpaired) electrons. The van der Waals surface area contributed by atoms with Crippen LogP contribution in [0.1, 0.15) is 18.4 Å². The fourth-order valence-corrected chi connectivity index (χ4v) is 4.62. The third kappa shape index (κ3) is 4.64. The molecule has 0 N–H and O–H groups in total. The largest absolute Gasteiger partial charge is 0.476 e. The van der Waals surface area contributed by atoms with E-state index in [1.807, 2.05) is 37.3 Å². The molecule has 0 spiro atoms. The highest BCUT2D eigenvalue weighted by atomic mass is 16.5. The second-order valence-corrected chi connectivity index (χ2v) is 8.83. The van der Waals surface area contributed by atoms with Crippen molar-refractivity contribution >= 4 is 28.4 Å². The zero-order chi connectivity index (χ0) is 24.4. The standard InChI is InChI=1S/C26H28N4O5/c1-18-6-4-7-19-24(18)27-17-29(25(19)32)11-5-10-23(31)30-16-22(26(33)28-12-14-34-15-13-28)35-21-9-3-2-8-20(21)30/h2-4,6-9,17,22H,5,10-16H2,1H3/t22-/m0/s1. The fourth-order valence-electron chi connectivity index (χ4n) is 4.62. The van der Waals surface area contributed by atoms with Gasteiger partial charge in [-0.1, -0.05) is 24.3 Å². The van der Waals surface area contributed by atoms with E-state index in [4.69, 9.17) is 9.47 Å². The number of carbonyl (C=O) groups excluding carboxylic acids is 2. The number of carbonyl (C=O) groups is 2. The van der Waals surface area contributed by atoms with Crippen LogP contribution in [0, 0.1) is 6.92 Å². The van der Waals surface area contributed by atoms with Crippen molar-refractivity contribution < 1.29 is 19.1 Å². The quantitative estimate of drug-likeness (QED) is 0.560. The van der Waals surface area contributed by atoms with E-state index in [0.29, 0.717) is 61.6 Å². The second kappa shape index (κ2) is 9.87. The molecular weight excluding hydrogens is 448 g/mol. The highest BCUT2D eigenvalue weighted by Gasteiger charge is 2.36. The number of nitrogens with zero attached hydrogens (tertiary/aromatic N) is 4. The Labute approximate surface area is 202 Å². The summed E-state index contributed by atoms with van der Waals surface area (Å²) in [5.74, 6) is 0.270. The molecule has 3 aromatic rings. The van der Waals surface area contributed by atoms with Gasteiger partial charge in [-0.05, 0) is 37.1 Å². The molecule has 3 heterocycles. The Hall–Kier alpha value is -3.72. The van der Waals surface area contributed by atoms with Gasteiger partial charge in [-0.25, -0.2) is 4.98 Å². The van der Waals surface area contributed by atoms with E-state index in [2.05, 4.69) is 4.98 Å². The number of ether oxygens (including phenoxy) is 2. The van der Waals surface area contributed by atoms with Crippen LogP contribution in [0.15, 0.2) is 53.6 Å². The number of hydrogen-bond acceptors (Lipinski definition) is 6. The first-order chi connectivity index (χ1) is 17.0. The monoisotopic (exact) mass is 476 g/mol. The number of anilines is 1. The van der Waals surface area contributed by atoms with Crippen LogP contribution >= 0.6 is 0 Å². The van der Waals surface area contributed by atoms with Gasteiger partial charge >= 0.3 is 0 Å². The summed E-state index contributed by atoms with van der Waals surface area (Å²) < 4.78 is 12.9.